The molecule has 0 saturated carbocycles. The van der Waals surface area contributed by atoms with E-state index < -0.39 is 11.9 Å². The van der Waals surface area contributed by atoms with Crippen molar-refractivity contribution in [1.82, 2.24) is 5.32 Å². The van der Waals surface area contributed by atoms with Gasteiger partial charge in [0.2, 0.25) is 0 Å². The van der Waals surface area contributed by atoms with Gasteiger partial charge in [-0.25, -0.2) is 0 Å². The van der Waals surface area contributed by atoms with E-state index in [-0.39, 0.29) is 11.9 Å². The number of hydrogen-bond donors (Lipinski definition) is 2. The van der Waals surface area contributed by atoms with Crippen LogP contribution in [0.3, 0.4) is 0 Å². The largest absolute Gasteiger partial charge is 0.481 e. The van der Waals surface area contributed by atoms with Crippen LogP contribution in [0.5, 0.6) is 0 Å². The maximum Gasteiger partial charge on any atom is 0.310 e. The highest BCUT2D eigenvalue weighted by Crippen LogP contribution is 2.19. The van der Waals surface area contributed by atoms with Gasteiger partial charge in [0.15, 0.2) is 0 Å². The topological polar surface area (TPSA) is 69.6 Å². The lowest BCUT2D eigenvalue weighted by molar-refractivity contribution is -0.140. The second-order valence-corrected chi connectivity index (χ2v) is 5.09. The number of carbonyl (C=O) groups is 2. The first kappa shape index (κ1) is 14.1. The van der Waals surface area contributed by atoms with Crippen LogP contribution < -0.4 is 10.2 Å². The molecule has 106 valence electrons. The number of carboxylic acids is 1. The van der Waals surface area contributed by atoms with Gasteiger partial charge in [-0.3, -0.25) is 9.59 Å². The predicted molar refractivity (Wildman–Crippen MR) is 76.9 cm³/mol. The molecule has 1 aromatic carbocycles. The van der Waals surface area contributed by atoms with Crippen LogP contribution in [0, 0.1) is 5.92 Å². The van der Waals surface area contributed by atoms with E-state index in [0.29, 0.717) is 12.0 Å². The summed E-state index contributed by atoms with van der Waals surface area (Å²) in [5.41, 5.74) is 1.59. The van der Waals surface area contributed by atoms with Gasteiger partial charge in [-0.1, -0.05) is 12.2 Å². The first-order valence-electron chi connectivity index (χ1n) is 6.47. The van der Waals surface area contributed by atoms with E-state index in [1.54, 1.807) is 24.3 Å². The Hall–Kier alpha value is -2.30. The fourth-order valence-electron chi connectivity index (χ4n) is 2.15. The third kappa shape index (κ3) is 3.17. The summed E-state index contributed by atoms with van der Waals surface area (Å²) in [5.74, 6) is -1.54. The molecule has 0 bridgehead atoms. The lowest BCUT2D eigenvalue weighted by Crippen LogP contribution is -2.33. The Morgan fingerprint density at radius 2 is 1.85 bits per heavy atom. The van der Waals surface area contributed by atoms with Crippen molar-refractivity contribution in [3.8, 4) is 0 Å². The van der Waals surface area contributed by atoms with E-state index in [1.807, 2.05) is 31.1 Å². The monoisotopic (exact) mass is 274 g/mol. The van der Waals surface area contributed by atoms with Crippen molar-refractivity contribution < 1.29 is 14.7 Å². The van der Waals surface area contributed by atoms with Crippen LogP contribution in [0.2, 0.25) is 0 Å². The quantitative estimate of drug-likeness (QED) is 0.817. The zero-order valence-electron chi connectivity index (χ0n) is 11.5. The number of aliphatic carboxylic acids is 1. The zero-order valence-corrected chi connectivity index (χ0v) is 11.5. The molecule has 2 rings (SSSR count). The summed E-state index contributed by atoms with van der Waals surface area (Å²) in [4.78, 5) is 24.8. The van der Waals surface area contributed by atoms with Crippen molar-refractivity contribution in [2.75, 3.05) is 19.0 Å². The minimum absolute atomic E-state index is 0.184. The summed E-state index contributed by atoms with van der Waals surface area (Å²) in [7, 11) is 3.87. The highest BCUT2D eigenvalue weighted by molar-refractivity contribution is 5.95. The molecular weight excluding hydrogens is 256 g/mol. The lowest BCUT2D eigenvalue weighted by Gasteiger charge is -2.14. The molecule has 5 nitrogen and oxygen atoms in total. The second kappa shape index (κ2) is 5.77. The van der Waals surface area contributed by atoms with Crippen LogP contribution in [-0.4, -0.2) is 37.1 Å². The van der Waals surface area contributed by atoms with Crippen molar-refractivity contribution in [3.63, 3.8) is 0 Å². The fraction of sp³-hybridized carbons (Fsp3) is 0.333. The van der Waals surface area contributed by atoms with Gasteiger partial charge in [-0.15, -0.1) is 0 Å². The molecule has 1 aliphatic carbocycles. The second-order valence-electron chi connectivity index (χ2n) is 5.09. The van der Waals surface area contributed by atoms with Crippen molar-refractivity contribution in [2.45, 2.75) is 12.5 Å². The number of rotatable bonds is 4. The average Bonchev–Trinajstić information content (AvgIpc) is 2.87. The van der Waals surface area contributed by atoms with E-state index in [0.717, 1.165) is 5.69 Å². The van der Waals surface area contributed by atoms with Crippen LogP contribution >= 0.6 is 0 Å². The number of amides is 1. The first-order chi connectivity index (χ1) is 9.47. The number of carbonyl (C=O) groups excluding carboxylic acids is 1. The summed E-state index contributed by atoms with van der Waals surface area (Å²) >= 11 is 0. The fourth-order valence-corrected chi connectivity index (χ4v) is 2.15. The van der Waals surface area contributed by atoms with Crippen LogP contribution in [-0.2, 0) is 4.79 Å². The number of nitrogens with zero attached hydrogens (tertiary/aromatic N) is 1. The van der Waals surface area contributed by atoms with Crippen molar-refractivity contribution in [2.24, 2.45) is 5.92 Å². The van der Waals surface area contributed by atoms with Crippen molar-refractivity contribution in [1.29, 1.82) is 0 Å². The molecule has 2 N–H and O–H groups in total. The average molecular weight is 274 g/mol. The number of benzene rings is 1. The summed E-state index contributed by atoms with van der Waals surface area (Å²) in [6.07, 6.45) is 3.78. The van der Waals surface area contributed by atoms with Gasteiger partial charge >= 0.3 is 5.97 Å². The van der Waals surface area contributed by atoms with Gasteiger partial charge in [0.1, 0.15) is 0 Å². The Kier molecular flexibility index (Phi) is 4.08. The van der Waals surface area contributed by atoms with E-state index in [4.69, 9.17) is 5.11 Å². The molecule has 0 saturated heterocycles. The Labute approximate surface area is 117 Å². The third-order valence-electron chi connectivity index (χ3n) is 3.36. The van der Waals surface area contributed by atoms with E-state index in [2.05, 4.69) is 5.32 Å². The number of carboxylic acid groups (broad SMARTS) is 1. The number of hydrogen-bond acceptors (Lipinski definition) is 3. The lowest BCUT2D eigenvalue weighted by atomic mass is 10.1. The Morgan fingerprint density at radius 3 is 2.35 bits per heavy atom. The zero-order chi connectivity index (χ0) is 14.7. The SMILES string of the molecule is CN(C)c1ccc(C(=O)NC2C=CC(C(=O)O)C2)cc1. The standard InChI is InChI=1S/C15H18N2O3/c1-17(2)13-7-4-10(5-8-13)14(18)16-12-6-3-11(9-12)15(19)20/h3-8,11-12H,9H2,1-2H3,(H,16,18)(H,19,20). The molecule has 20 heavy (non-hydrogen) atoms. The van der Waals surface area contributed by atoms with E-state index in [9.17, 15) is 9.59 Å². The van der Waals surface area contributed by atoms with Crippen LogP contribution in [0.1, 0.15) is 16.8 Å². The normalized spacial score (nSPS) is 20.7. The highest BCUT2D eigenvalue weighted by atomic mass is 16.4. The molecule has 0 aromatic heterocycles. The number of nitrogens with one attached hydrogen (secondary N) is 1. The molecule has 1 aromatic rings. The molecule has 1 aliphatic rings. The Morgan fingerprint density at radius 1 is 1.20 bits per heavy atom. The van der Waals surface area contributed by atoms with Gasteiger partial charge < -0.3 is 15.3 Å². The van der Waals surface area contributed by atoms with Gasteiger partial charge in [-0.05, 0) is 30.7 Å². The molecule has 2 atom stereocenters. The summed E-state index contributed by atoms with van der Waals surface area (Å²) in [5, 5.41) is 11.7. The van der Waals surface area contributed by atoms with Crippen molar-refractivity contribution >= 4 is 17.6 Å². The highest BCUT2D eigenvalue weighted by Gasteiger charge is 2.25. The third-order valence-corrected chi connectivity index (χ3v) is 3.36. The van der Waals surface area contributed by atoms with Gasteiger partial charge in [0, 0.05) is 31.4 Å². The molecule has 0 aliphatic heterocycles. The molecule has 1 amide bonds. The summed E-state index contributed by atoms with van der Waals surface area (Å²) in [6.45, 7) is 0. The molecule has 0 heterocycles. The molecule has 0 radical (unpaired) electrons. The van der Waals surface area contributed by atoms with E-state index in [1.165, 1.54) is 0 Å². The van der Waals surface area contributed by atoms with Crippen LogP contribution in [0.15, 0.2) is 36.4 Å². The van der Waals surface area contributed by atoms with E-state index >= 15 is 0 Å². The minimum Gasteiger partial charge on any atom is -0.481 e. The van der Waals surface area contributed by atoms with Crippen LogP contribution in [0.25, 0.3) is 0 Å². The van der Waals surface area contributed by atoms with Gasteiger partial charge in [0.25, 0.3) is 5.91 Å². The molecule has 0 spiro atoms. The summed E-state index contributed by atoms with van der Waals surface area (Å²) in [6, 6.07) is 7.06. The minimum atomic E-state index is -0.853. The molecule has 2 unspecified atom stereocenters. The van der Waals surface area contributed by atoms with Crippen LogP contribution in [0.4, 0.5) is 5.69 Å². The molecular formula is C15H18N2O3. The maximum absolute atomic E-state index is 12.1. The van der Waals surface area contributed by atoms with Gasteiger partial charge in [0.05, 0.1) is 5.92 Å². The Balaban J connectivity index is 1.96. The summed E-state index contributed by atoms with van der Waals surface area (Å²) < 4.78 is 0. The predicted octanol–water partition coefficient (Wildman–Crippen LogP) is 1.51. The maximum atomic E-state index is 12.1. The Bertz CT molecular complexity index is 535. The first-order valence-corrected chi connectivity index (χ1v) is 6.47. The van der Waals surface area contributed by atoms with Crippen molar-refractivity contribution in [3.05, 3.63) is 42.0 Å². The smallest absolute Gasteiger partial charge is 0.310 e. The number of anilines is 1. The molecule has 0 fully saturated rings. The molecule has 5 heteroatoms. The van der Waals surface area contributed by atoms with Gasteiger partial charge in [-0.2, -0.15) is 0 Å².